The molecule has 3 aromatic carbocycles. The van der Waals surface area contributed by atoms with Crippen molar-refractivity contribution < 1.29 is 9.53 Å². The van der Waals surface area contributed by atoms with E-state index in [1.165, 1.54) is 24.0 Å². The first-order valence-corrected chi connectivity index (χ1v) is 13.4. The lowest BCUT2D eigenvalue weighted by atomic mass is 9.90. The molecular formula is C32H40N2O2. The highest BCUT2D eigenvalue weighted by Crippen LogP contribution is 2.28. The van der Waals surface area contributed by atoms with Crippen LogP contribution in [0.25, 0.3) is 0 Å². The molecule has 4 rings (SSSR count). The van der Waals surface area contributed by atoms with E-state index in [0.717, 1.165) is 55.9 Å². The van der Waals surface area contributed by atoms with Crippen LogP contribution in [0, 0.1) is 12.8 Å². The molecule has 0 amide bonds. The predicted molar refractivity (Wildman–Crippen MR) is 148 cm³/mol. The third-order valence-electron chi connectivity index (χ3n) is 7.28. The lowest BCUT2D eigenvalue weighted by molar-refractivity contribution is 0.0960. The van der Waals surface area contributed by atoms with Crippen molar-refractivity contribution in [1.29, 1.82) is 0 Å². The molecule has 3 aromatic rings. The molecule has 36 heavy (non-hydrogen) atoms. The number of ether oxygens (including phenoxy) is 1. The second-order valence-corrected chi connectivity index (χ2v) is 10.1. The number of piperidine rings is 1. The summed E-state index contributed by atoms with van der Waals surface area (Å²) in [6, 6.07) is 26.9. The number of likely N-dealkylation sites (tertiary alicyclic amines) is 1. The molecule has 0 radical (unpaired) electrons. The molecule has 1 unspecified atom stereocenters. The third-order valence-corrected chi connectivity index (χ3v) is 7.28. The van der Waals surface area contributed by atoms with Crippen LogP contribution < -0.4 is 10.1 Å². The standard InChI is InChI=1S/C32H40N2O2/c1-25-11-14-28(15-12-25)32(17-20-33-2)36-30-10-6-9-29(23-30)31(35)16-13-26-18-21-34(22-19-26)24-27-7-4-3-5-8-27/h3-12,14-15,23,26,32-33H,13,16-22,24H2,1-2H3. The lowest BCUT2D eigenvalue weighted by Crippen LogP contribution is -2.33. The maximum absolute atomic E-state index is 13.0. The number of rotatable bonds is 12. The molecule has 4 nitrogen and oxygen atoms in total. The van der Waals surface area contributed by atoms with Crippen molar-refractivity contribution in [3.8, 4) is 5.75 Å². The van der Waals surface area contributed by atoms with Gasteiger partial charge in [-0.2, -0.15) is 0 Å². The van der Waals surface area contributed by atoms with Crippen LogP contribution in [0.2, 0.25) is 0 Å². The number of hydrogen-bond acceptors (Lipinski definition) is 4. The topological polar surface area (TPSA) is 41.6 Å². The SMILES string of the molecule is CNCCC(Oc1cccc(C(=O)CCC2CCN(Cc3ccccc3)CC2)c1)c1ccc(C)cc1. The maximum atomic E-state index is 13.0. The molecule has 1 N–H and O–H groups in total. The molecule has 190 valence electrons. The highest BCUT2D eigenvalue weighted by Gasteiger charge is 2.21. The van der Waals surface area contributed by atoms with Crippen molar-refractivity contribution in [3.63, 3.8) is 0 Å². The second-order valence-electron chi connectivity index (χ2n) is 10.1. The van der Waals surface area contributed by atoms with Gasteiger partial charge in [0.15, 0.2) is 5.78 Å². The van der Waals surface area contributed by atoms with Gasteiger partial charge in [0.25, 0.3) is 0 Å². The Morgan fingerprint density at radius 3 is 2.47 bits per heavy atom. The van der Waals surface area contributed by atoms with Crippen molar-refractivity contribution in [2.24, 2.45) is 5.92 Å². The summed E-state index contributed by atoms with van der Waals surface area (Å²) in [5.74, 6) is 1.61. The summed E-state index contributed by atoms with van der Waals surface area (Å²) in [5, 5.41) is 3.22. The maximum Gasteiger partial charge on any atom is 0.163 e. The van der Waals surface area contributed by atoms with E-state index in [9.17, 15) is 4.79 Å². The smallest absolute Gasteiger partial charge is 0.163 e. The number of Topliss-reactive ketones (excluding diaryl/α,β-unsaturated/α-hetero) is 1. The van der Waals surface area contributed by atoms with Crippen molar-refractivity contribution in [2.45, 2.75) is 51.7 Å². The summed E-state index contributed by atoms with van der Waals surface area (Å²) in [7, 11) is 1.96. The number of benzene rings is 3. The number of ketones is 1. The molecule has 1 saturated heterocycles. The summed E-state index contributed by atoms with van der Waals surface area (Å²) < 4.78 is 6.39. The largest absolute Gasteiger partial charge is 0.486 e. The fraction of sp³-hybridized carbons (Fsp3) is 0.406. The summed E-state index contributed by atoms with van der Waals surface area (Å²) in [4.78, 5) is 15.6. The molecule has 0 bridgehead atoms. The molecular weight excluding hydrogens is 444 g/mol. The van der Waals surface area contributed by atoms with E-state index in [0.29, 0.717) is 12.3 Å². The van der Waals surface area contributed by atoms with Crippen LogP contribution in [-0.2, 0) is 6.54 Å². The van der Waals surface area contributed by atoms with E-state index in [1.54, 1.807) is 0 Å². The van der Waals surface area contributed by atoms with Gasteiger partial charge in [-0.15, -0.1) is 0 Å². The van der Waals surface area contributed by atoms with Gasteiger partial charge in [0.1, 0.15) is 11.9 Å². The van der Waals surface area contributed by atoms with Gasteiger partial charge in [0.05, 0.1) is 0 Å². The van der Waals surface area contributed by atoms with Gasteiger partial charge in [-0.25, -0.2) is 0 Å². The minimum absolute atomic E-state index is 0.0514. The Morgan fingerprint density at radius 1 is 1.00 bits per heavy atom. The van der Waals surface area contributed by atoms with Crippen molar-refractivity contribution in [3.05, 3.63) is 101 Å². The number of nitrogens with zero attached hydrogens (tertiary/aromatic N) is 1. The fourth-order valence-corrected chi connectivity index (χ4v) is 5.01. The average Bonchev–Trinajstić information content (AvgIpc) is 2.92. The second kappa shape index (κ2) is 13.4. The van der Waals surface area contributed by atoms with Crippen molar-refractivity contribution in [1.82, 2.24) is 10.2 Å². The van der Waals surface area contributed by atoms with E-state index < -0.39 is 0 Å². The van der Waals surface area contributed by atoms with Gasteiger partial charge in [-0.3, -0.25) is 9.69 Å². The number of carbonyl (C=O) groups excluding carboxylic acids is 1. The first-order valence-electron chi connectivity index (χ1n) is 13.4. The quantitative estimate of drug-likeness (QED) is 0.294. The number of hydrogen-bond donors (Lipinski definition) is 1. The minimum Gasteiger partial charge on any atom is -0.486 e. The van der Waals surface area contributed by atoms with Crippen LogP contribution in [0.3, 0.4) is 0 Å². The molecule has 4 heteroatoms. The van der Waals surface area contributed by atoms with E-state index in [4.69, 9.17) is 4.74 Å². The zero-order valence-electron chi connectivity index (χ0n) is 21.8. The molecule has 1 fully saturated rings. The molecule has 1 atom stereocenters. The van der Waals surface area contributed by atoms with Gasteiger partial charge in [0.2, 0.25) is 0 Å². The molecule has 0 aromatic heterocycles. The first kappa shape index (κ1) is 26.1. The van der Waals surface area contributed by atoms with Gasteiger partial charge >= 0.3 is 0 Å². The molecule has 1 aliphatic heterocycles. The molecule has 1 aliphatic rings. The summed E-state index contributed by atoms with van der Waals surface area (Å²) in [6.07, 6.45) is 4.73. The average molecular weight is 485 g/mol. The normalized spacial score (nSPS) is 15.5. The molecule has 0 saturated carbocycles. The van der Waals surface area contributed by atoms with E-state index in [1.807, 2.05) is 31.3 Å². The Kier molecular flexibility index (Phi) is 9.71. The van der Waals surface area contributed by atoms with Crippen LogP contribution >= 0.6 is 0 Å². The zero-order valence-corrected chi connectivity index (χ0v) is 21.8. The molecule has 1 heterocycles. The summed E-state index contributed by atoms with van der Waals surface area (Å²) in [5.41, 5.74) is 4.53. The van der Waals surface area contributed by atoms with Crippen LogP contribution in [0.1, 0.15) is 65.3 Å². The van der Waals surface area contributed by atoms with Gasteiger partial charge in [0, 0.05) is 24.9 Å². The van der Waals surface area contributed by atoms with Crippen LogP contribution in [0.15, 0.2) is 78.9 Å². The number of carbonyl (C=O) groups is 1. The van der Waals surface area contributed by atoms with E-state index >= 15 is 0 Å². The van der Waals surface area contributed by atoms with Gasteiger partial charge in [-0.1, -0.05) is 72.3 Å². The Labute approximate surface area is 216 Å². The molecule has 0 spiro atoms. The Hall–Kier alpha value is -2.95. The van der Waals surface area contributed by atoms with Crippen LogP contribution in [0.5, 0.6) is 5.75 Å². The first-order chi connectivity index (χ1) is 17.6. The molecule has 0 aliphatic carbocycles. The Morgan fingerprint density at radius 2 is 1.75 bits per heavy atom. The number of aryl methyl sites for hydroxylation is 1. The Balaban J connectivity index is 1.28. The van der Waals surface area contributed by atoms with E-state index in [2.05, 4.69) is 71.7 Å². The zero-order chi connectivity index (χ0) is 25.2. The van der Waals surface area contributed by atoms with Gasteiger partial charge < -0.3 is 10.1 Å². The van der Waals surface area contributed by atoms with Crippen LogP contribution in [0.4, 0.5) is 0 Å². The lowest BCUT2D eigenvalue weighted by Gasteiger charge is -2.32. The van der Waals surface area contributed by atoms with Crippen molar-refractivity contribution in [2.75, 3.05) is 26.7 Å². The fourth-order valence-electron chi connectivity index (χ4n) is 5.01. The van der Waals surface area contributed by atoms with Crippen LogP contribution in [-0.4, -0.2) is 37.4 Å². The Bertz CT molecular complexity index is 1070. The monoisotopic (exact) mass is 484 g/mol. The highest BCUT2D eigenvalue weighted by molar-refractivity contribution is 5.96. The minimum atomic E-state index is -0.0514. The summed E-state index contributed by atoms with van der Waals surface area (Å²) in [6.45, 7) is 6.21. The predicted octanol–water partition coefficient (Wildman–Crippen LogP) is 6.60. The van der Waals surface area contributed by atoms with Crippen molar-refractivity contribution >= 4 is 5.78 Å². The highest BCUT2D eigenvalue weighted by atomic mass is 16.5. The van der Waals surface area contributed by atoms with Gasteiger partial charge in [-0.05, 0) is 82.0 Å². The summed E-state index contributed by atoms with van der Waals surface area (Å²) >= 11 is 0. The third kappa shape index (κ3) is 7.78. The van der Waals surface area contributed by atoms with E-state index in [-0.39, 0.29) is 11.9 Å². The number of nitrogens with one attached hydrogen (secondary N) is 1.